The van der Waals surface area contributed by atoms with Crippen molar-refractivity contribution < 1.29 is 27.1 Å². The molecule has 1 N–H and O–H groups in total. The first kappa shape index (κ1) is 20.3. The van der Waals surface area contributed by atoms with Gasteiger partial charge >= 0.3 is 6.36 Å². The number of halogens is 4. The van der Waals surface area contributed by atoms with Gasteiger partial charge in [0.2, 0.25) is 5.91 Å². The lowest BCUT2D eigenvalue weighted by Gasteiger charge is -2.14. The Morgan fingerprint density at radius 3 is 2.48 bits per heavy atom. The molecule has 0 fully saturated rings. The highest BCUT2D eigenvalue weighted by molar-refractivity contribution is 5.86. The van der Waals surface area contributed by atoms with Crippen LogP contribution in [-0.2, 0) is 17.6 Å². The topological polar surface area (TPSA) is 73.2 Å². The zero-order valence-corrected chi connectivity index (χ0v) is 15.1. The molecular formula is C19H15F4N3O3. The number of nitrogens with one attached hydrogen (secondary N) is 1. The minimum Gasteiger partial charge on any atom is -0.406 e. The van der Waals surface area contributed by atoms with Gasteiger partial charge in [-0.15, -0.1) is 13.2 Å². The van der Waals surface area contributed by atoms with E-state index in [1.807, 2.05) is 0 Å². The van der Waals surface area contributed by atoms with Gasteiger partial charge in [0.25, 0.3) is 5.56 Å². The number of hydrogen-bond donors (Lipinski definition) is 1. The lowest BCUT2D eigenvalue weighted by atomic mass is 10.1. The fourth-order valence-electron chi connectivity index (χ4n) is 2.71. The van der Waals surface area contributed by atoms with Crippen molar-refractivity contribution in [1.29, 1.82) is 0 Å². The van der Waals surface area contributed by atoms with Crippen molar-refractivity contribution in [2.75, 3.05) is 5.43 Å². The molecule has 0 aliphatic heterocycles. The summed E-state index contributed by atoms with van der Waals surface area (Å²) < 4.78 is 55.0. The molecule has 1 heterocycles. The number of hydrogen-bond acceptors (Lipinski definition) is 4. The summed E-state index contributed by atoms with van der Waals surface area (Å²) >= 11 is 0. The summed E-state index contributed by atoms with van der Waals surface area (Å²) in [5, 5.41) is 0.0128. The first-order valence-corrected chi connectivity index (χ1v) is 8.52. The molecule has 2 aromatic carbocycles. The maximum Gasteiger partial charge on any atom is 0.573 e. The molecule has 0 bridgehead atoms. The maximum atomic E-state index is 13.0. The van der Waals surface area contributed by atoms with Crippen LogP contribution in [0.5, 0.6) is 5.75 Å². The molecule has 0 unspecified atom stereocenters. The summed E-state index contributed by atoms with van der Waals surface area (Å²) in [6.07, 6.45) is -4.75. The highest BCUT2D eigenvalue weighted by Crippen LogP contribution is 2.24. The number of carbonyl (C=O) groups excluding carboxylic acids is 1. The van der Waals surface area contributed by atoms with E-state index in [9.17, 15) is 27.2 Å². The lowest BCUT2D eigenvalue weighted by Crippen LogP contribution is -2.37. The van der Waals surface area contributed by atoms with Crippen LogP contribution < -0.4 is 15.7 Å². The van der Waals surface area contributed by atoms with Gasteiger partial charge in [-0.3, -0.25) is 15.0 Å². The molecule has 0 aliphatic rings. The van der Waals surface area contributed by atoms with Gasteiger partial charge in [0.15, 0.2) is 0 Å². The van der Waals surface area contributed by atoms with Crippen LogP contribution in [0.15, 0.2) is 47.3 Å². The Kier molecular flexibility index (Phi) is 5.53. The Bertz CT molecular complexity index is 1110. The van der Waals surface area contributed by atoms with Crippen LogP contribution in [0.3, 0.4) is 0 Å². The van der Waals surface area contributed by atoms with Gasteiger partial charge in [-0.1, -0.05) is 19.1 Å². The second-order valence-corrected chi connectivity index (χ2v) is 6.09. The van der Waals surface area contributed by atoms with Gasteiger partial charge in [0, 0.05) is 12.5 Å². The van der Waals surface area contributed by atoms with Gasteiger partial charge in [-0.2, -0.15) is 0 Å². The molecule has 0 radical (unpaired) electrons. The average Bonchev–Trinajstić information content (AvgIpc) is 2.64. The second-order valence-electron chi connectivity index (χ2n) is 6.09. The van der Waals surface area contributed by atoms with Gasteiger partial charge in [-0.05, 0) is 29.8 Å². The number of rotatable bonds is 5. The quantitative estimate of drug-likeness (QED) is 0.657. The number of aromatic nitrogens is 2. The lowest BCUT2D eigenvalue weighted by molar-refractivity contribution is -0.274. The van der Waals surface area contributed by atoms with Gasteiger partial charge in [0.05, 0.1) is 17.3 Å². The second kappa shape index (κ2) is 7.90. The fraction of sp³-hybridized carbons (Fsp3) is 0.211. The van der Waals surface area contributed by atoms with Crippen LogP contribution in [0.25, 0.3) is 10.9 Å². The van der Waals surface area contributed by atoms with Gasteiger partial charge in [0.1, 0.15) is 17.4 Å². The van der Waals surface area contributed by atoms with Crippen LogP contribution in [0.4, 0.5) is 17.6 Å². The Hall–Kier alpha value is -3.43. The number of nitrogens with zero attached hydrogens (tertiary/aromatic N) is 2. The molecule has 1 aromatic heterocycles. The van der Waals surface area contributed by atoms with E-state index in [1.54, 1.807) is 6.92 Å². The third-order valence-electron chi connectivity index (χ3n) is 3.97. The van der Waals surface area contributed by atoms with Crippen LogP contribution in [0.2, 0.25) is 0 Å². The molecular weight excluding hydrogens is 394 g/mol. The number of benzene rings is 2. The van der Waals surface area contributed by atoms with Crippen molar-refractivity contribution in [3.63, 3.8) is 0 Å². The maximum absolute atomic E-state index is 13.0. The van der Waals surface area contributed by atoms with Crippen LogP contribution in [-0.4, -0.2) is 21.9 Å². The number of aryl methyl sites for hydroxylation is 1. The van der Waals surface area contributed by atoms with Crippen molar-refractivity contribution >= 4 is 16.8 Å². The van der Waals surface area contributed by atoms with Gasteiger partial charge in [-0.25, -0.2) is 14.1 Å². The molecule has 29 heavy (non-hydrogen) atoms. The first-order chi connectivity index (χ1) is 13.7. The monoisotopic (exact) mass is 409 g/mol. The zero-order chi connectivity index (χ0) is 21.2. The minimum absolute atomic E-state index is 0.0117. The van der Waals surface area contributed by atoms with Crippen molar-refractivity contribution in [3.05, 3.63) is 70.0 Å². The molecule has 6 nitrogen and oxygen atoms in total. The Balaban J connectivity index is 1.91. The van der Waals surface area contributed by atoms with E-state index in [-0.39, 0.29) is 29.6 Å². The number of fused-ring (bicyclic) bond motifs is 1. The zero-order valence-electron chi connectivity index (χ0n) is 15.1. The summed E-state index contributed by atoms with van der Waals surface area (Å²) in [5.41, 5.74) is 2.35. The summed E-state index contributed by atoms with van der Waals surface area (Å²) in [7, 11) is 0. The average molecular weight is 409 g/mol. The van der Waals surface area contributed by atoms with Crippen molar-refractivity contribution in [2.24, 2.45) is 0 Å². The number of amides is 1. The third-order valence-corrected chi connectivity index (χ3v) is 3.97. The summed E-state index contributed by atoms with van der Waals surface area (Å²) in [5.74, 6) is -1.33. The van der Waals surface area contributed by atoms with E-state index < -0.39 is 29.4 Å². The first-order valence-electron chi connectivity index (χ1n) is 8.52. The van der Waals surface area contributed by atoms with Crippen LogP contribution in [0, 0.1) is 5.82 Å². The standard InChI is InChI=1S/C19H15F4N3O3/c1-2-16-24-15-10-13(29-19(21,22)23)7-8-14(15)18(28)26(16)25-17(27)9-11-3-5-12(20)6-4-11/h3-8,10H,2,9H2,1H3,(H,25,27). The fourth-order valence-corrected chi connectivity index (χ4v) is 2.71. The highest BCUT2D eigenvalue weighted by Gasteiger charge is 2.31. The van der Waals surface area contributed by atoms with E-state index in [0.717, 1.165) is 22.9 Å². The predicted molar refractivity (Wildman–Crippen MR) is 96.5 cm³/mol. The third kappa shape index (κ3) is 4.89. The largest absolute Gasteiger partial charge is 0.573 e. The molecule has 0 saturated heterocycles. The van der Waals surface area contributed by atoms with E-state index >= 15 is 0 Å². The molecule has 0 spiro atoms. The Morgan fingerprint density at radius 2 is 1.86 bits per heavy atom. The molecule has 0 saturated carbocycles. The summed E-state index contributed by atoms with van der Waals surface area (Å²) in [4.78, 5) is 29.2. The number of carbonyl (C=O) groups is 1. The van der Waals surface area contributed by atoms with E-state index in [2.05, 4.69) is 15.1 Å². The molecule has 152 valence electrons. The van der Waals surface area contributed by atoms with Crippen molar-refractivity contribution in [3.8, 4) is 5.75 Å². The molecule has 10 heteroatoms. The molecule has 1 amide bonds. The van der Waals surface area contributed by atoms with E-state index in [0.29, 0.717) is 5.56 Å². The van der Waals surface area contributed by atoms with Crippen LogP contribution >= 0.6 is 0 Å². The van der Waals surface area contributed by atoms with Crippen LogP contribution in [0.1, 0.15) is 18.3 Å². The summed E-state index contributed by atoms with van der Waals surface area (Å²) in [6, 6.07) is 8.46. The normalized spacial score (nSPS) is 11.5. The van der Waals surface area contributed by atoms with Gasteiger partial charge < -0.3 is 4.74 Å². The Morgan fingerprint density at radius 1 is 1.17 bits per heavy atom. The molecule has 0 atom stereocenters. The highest BCUT2D eigenvalue weighted by atomic mass is 19.4. The molecule has 3 rings (SSSR count). The Labute approximate surface area is 161 Å². The predicted octanol–water partition coefficient (Wildman–Crippen LogP) is 3.31. The smallest absolute Gasteiger partial charge is 0.406 e. The molecule has 3 aromatic rings. The number of ether oxygens (including phenoxy) is 1. The van der Waals surface area contributed by atoms with Crippen molar-refractivity contribution in [1.82, 2.24) is 9.66 Å². The minimum atomic E-state index is -4.87. The molecule has 0 aliphatic carbocycles. The number of alkyl halides is 3. The SMILES string of the molecule is CCc1nc2cc(OC(F)(F)F)ccc2c(=O)n1NC(=O)Cc1ccc(F)cc1. The van der Waals surface area contributed by atoms with E-state index in [4.69, 9.17) is 0 Å². The van der Waals surface area contributed by atoms with E-state index in [1.165, 1.54) is 24.3 Å². The van der Waals surface area contributed by atoms with Crippen molar-refractivity contribution in [2.45, 2.75) is 26.1 Å². The summed E-state index contributed by atoms with van der Waals surface area (Å²) in [6.45, 7) is 1.67.